The molecule has 0 spiro atoms. The molecule has 0 aliphatic carbocycles. The van der Waals surface area contributed by atoms with Gasteiger partial charge in [-0.2, -0.15) is 0 Å². The summed E-state index contributed by atoms with van der Waals surface area (Å²) < 4.78 is 18.5. The van der Waals surface area contributed by atoms with Gasteiger partial charge in [-0.15, -0.1) is 0 Å². The van der Waals surface area contributed by atoms with Crippen molar-refractivity contribution in [3.05, 3.63) is 52.5 Å². The number of aliphatic imine (C=N–C) groups is 1. The number of rotatable bonds is 5. The molecule has 6 heteroatoms. The Labute approximate surface area is 138 Å². The van der Waals surface area contributed by atoms with Gasteiger partial charge >= 0.3 is 0 Å². The maximum atomic E-state index is 12.9. The van der Waals surface area contributed by atoms with Crippen LogP contribution in [0.3, 0.4) is 0 Å². The molecule has 4 nitrogen and oxygen atoms in total. The van der Waals surface area contributed by atoms with Crippen LogP contribution in [0.15, 0.2) is 51.6 Å². The Kier molecular flexibility index (Phi) is 4.52. The first kappa shape index (κ1) is 15.8. The maximum Gasteiger partial charge on any atom is 0.179 e. The zero-order valence-corrected chi connectivity index (χ0v) is 13.8. The fourth-order valence-corrected chi connectivity index (χ4v) is 3.47. The van der Waals surface area contributed by atoms with Gasteiger partial charge in [-0.25, -0.2) is 9.38 Å². The van der Waals surface area contributed by atoms with Gasteiger partial charge in [-0.1, -0.05) is 18.7 Å². The Morgan fingerprint density at radius 2 is 2.13 bits per heavy atom. The minimum Gasteiger partial charge on any atom is -0.487 e. The number of benzene rings is 1. The molecule has 0 aromatic heterocycles. The topological polar surface area (TPSA) is 41.9 Å². The Morgan fingerprint density at radius 3 is 2.83 bits per heavy atom. The number of allylic oxidation sites excluding steroid dienone is 2. The van der Waals surface area contributed by atoms with Gasteiger partial charge in [0.15, 0.2) is 11.0 Å². The molecule has 2 aliphatic rings. The van der Waals surface area contributed by atoms with Gasteiger partial charge in [0.1, 0.15) is 18.2 Å². The van der Waals surface area contributed by atoms with E-state index in [9.17, 15) is 9.18 Å². The molecule has 120 valence electrons. The van der Waals surface area contributed by atoms with E-state index in [1.54, 1.807) is 12.1 Å². The number of carbonyl (C=O) groups excluding carboxylic acids is 1. The van der Waals surface area contributed by atoms with Crippen LogP contribution in [0.1, 0.15) is 20.3 Å². The zero-order valence-electron chi connectivity index (χ0n) is 13.0. The van der Waals surface area contributed by atoms with Gasteiger partial charge < -0.3 is 9.64 Å². The summed E-state index contributed by atoms with van der Waals surface area (Å²) in [6.07, 6.45) is 2.44. The Morgan fingerprint density at radius 1 is 1.39 bits per heavy atom. The second kappa shape index (κ2) is 6.58. The summed E-state index contributed by atoms with van der Waals surface area (Å²) in [5.41, 5.74) is 1.57. The molecule has 0 radical (unpaired) electrons. The van der Waals surface area contributed by atoms with Crippen molar-refractivity contribution in [2.24, 2.45) is 4.99 Å². The van der Waals surface area contributed by atoms with E-state index in [1.165, 1.54) is 23.9 Å². The van der Waals surface area contributed by atoms with Crippen LogP contribution in [0.25, 0.3) is 0 Å². The Hall–Kier alpha value is -2.08. The summed E-state index contributed by atoms with van der Waals surface area (Å²) >= 11 is 1.52. The van der Waals surface area contributed by atoms with E-state index in [0.717, 1.165) is 21.5 Å². The van der Waals surface area contributed by atoms with Crippen molar-refractivity contribution in [3.63, 3.8) is 0 Å². The van der Waals surface area contributed by atoms with E-state index in [2.05, 4.69) is 4.99 Å². The van der Waals surface area contributed by atoms with Crippen LogP contribution in [0.2, 0.25) is 0 Å². The Bertz CT molecular complexity index is 723. The number of thioether (sulfide) groups is 1. The first-order valence-corrected chi connectivity index (χ1v) is 8.25. The third-order valence-corrected chi connectivity index (χ3v) is 4.61. The predicted octanol–water partition coefficient (Wildman–Crippen LogP) is 3.72. The highest BCUT2D eigenvalue weighted by molar-refractivity contribution is 8.17. The minimum atomic E-state index is -0.290. The largest absolute Gasteiger partial charge is 0.487 e. The normalized spacial score (nSPS) is 16.9. The molecule has 0 saturated carbocycles. The van der Waals surface area contributed by atoms with Crippen LogP contribution < -0.4 is 4.74 Å². The van der Waals surface area contributed by atoms with Crippen LogP contribution >= 0.6 is 11.8 Å². The molecule has 0 unspecified atom stereocenters. The third kappa shape index (κ3) is 3.32. The highest BCUT2D eigenvalue weighted by Gasteiger charge is 2.32. The summed E-state index contributed by atoms with van der Waals surface area (Å²) in [5, 5.41) is 0.819. The van der Waals surface area contributed by atoms with Crippen molar-refractivity contribution in [2.75, 3.05) is 13.2 Å². The van der Waals surface area contributed by atoms with Crippen LogP contribution in [0, 0.1) is 5.82 Å². The van der Waals surface area contributed by atoms with E-state index >= 15 is 0 Å². The molecule has 0 N–H and O–H groups in total. The molecule has 1 aromatic carbocycles. The number of hydrogen-bond donors (Lipinski definition) is 0. The first-order valence-electron chi connectivity index (χ1n) is 7.44. The zero-order chi connectivity index (χ0) is 16.4. The lowest BCUT2D eigenvalue weighted by molar-refractivity contribution is -0.116. The van der Waals surface area contributed by atoms with E-state index < -0.39 is 0 Å². The van der Waals surface area contributed by atoms with Crippen molar-refractivity contribution in [2.45, 2.75) is 20.3 Å². The molecule has 0 bridgehead atoms. The molecular formula is C17H17FN2O2S. The minimum absolute atomic E-state index is 0.139. The number of Topliss-reactive ketones (excluding diaryl/α,β-unsaturated/α-hetero) is 1. The molecular weight excluding hydrogens is 315 g/mol. The van der Waals surface area contributed by atoms with Crippen molar-refractivity contribution >= 4 is 22.7 Å². The van der Waals surface area contributed by atoms with Crippen molar-refractivity contribution in [3.8, 4) is 5.75 Å². The smallest absolute Gasteiger partial charge is 0.179 e. The van der Waals surface area contributed by atoms with Gasteiger partial charge in [0.25, 0.3) is 0 Å². The number of ketones is 1. The predicted molar refractivity (Wildman–Crippen MR) is 89.7 cm³/mol. The second-order valence-electron chi connectivity index (χ2n) is 5.23. The summed E-state index contributed by atoms with van der Waals surface area (Å²) in [6, 6.07) is 5.90. The van der Waals surface area contributed by atoms with Crippen LogP contribution in [-0.4, -0.2) is 29.0 Å². The van der Waals surface area contributed by atoms with Crippen LogP contribution in [-0.2, 0) is 4.79 Å². The highest BCUT2D eigenvalue weighted by Crippen LogP contribution is 2.37. The van der Waals surface area contributed by atoms with Crippen molar-refractivity contribution in [1.82, 2.24) is 4.90 Å². The lowest BCUT2D eigenvalue weighted by Gasteiger charge is -2.23. The Balaban J connectivity index is 1.66. The highest BCUT2D eigenvalue weighted by atomic mass is 32.2. The molecule has 2 aliphatic heterocycles. The third-order valence-electron chi connectivity index (χ3n) is 3.61. The van der Waals surface area contributed by atoms with Crippen molar-refractivity contribution < 1.29 is 13.9 Å². The molecule has 23 heavy (non-hydrogen) atoms. The summed E-state index contributed by atoms with van der Waals surface area (Å²) in [5.74, 6) is 0.451. The van der Waals surface area contributed by atoms with Crippen molar-refractivity contribution in [1.29, 1.82) is 0 Å². The standard InChI is InChI=1S/C17H17FN2O2S/c1-3-15(21)16-11(2)23-17-19-13(8-9-20(16)17)10-22-14-6-4-12(18)5-7-14/h4-8H,3,9-10H2,1-2H3. The molecule has 1 aromatic rings. The van der Waals surface area contributed by atoms with E-state index in [4.69, 9.17) is 4.74 Å². The lowest BCUT2D eigenvalue weighted by Crippen LogP contribution is -2.31. The SMILES string of the molecule is CCC(=O)C1=C(C)SC2=NC(COc3ccc(F)cc3)=CCN21. The van der Waals surface area contributed by atoms with Gasteiger partial charge in [0.2, 0.25) is 0 Å². The summed E-state index contributed by atoms with van der Waals surface area (Å²) in [6.45, 7) is 4.75. The average Bonchev–Trinajstić information content (AvgIpc) is 2.88. The van der Waals surface area contributed by atoms with E-state index in [1.807, 2.05) is 24.8 Å². The summed E-state index contributed by atoms with van der Waals surface area (Å²) in [4.78, 5) is 19.6. The summed E-state index contributed by atoms with van der Waals surface area (Å²) in [7, 11) is 0. The number of ether oxygens (including phenoxy) is 1. The average molecular weight is 332 g/mol. The fourth-order valence-electron chi connectivity index (χ4n) is 2.44. The van der Waals surface area contributed by atoms with Crippen LogP contribution in [0.4, 0.5) is 4.39 Å². The van der Waals surface area contributed by atoms with Gasteiger partial charge in [-0.05, 0) is 37.3 Å². The number of halogens is 1. The molecule has 0 fully saturated rings. The number of nitrogens with zero attached hydrogens (tertiary/aromatic N) is 2. The number of carbonyl (C=O) groups is 1. The van der Waals surface area contributed by atoms with Gasteiger partial charge in [0.05, 0.1) is 11.4 Å². The van der Waals surface area contributed by atoms with E-state index in [0.29, 0.717) is 25.3 Å². The van der Waals surface area contributed by atoms with Gasteiger partial charge in [0, 0.05) is 17.9 Å². The molecule has 0 saturated heterocycles. The van der Waals surface area contributed by atoms with Gasteiger partial charge in [-0.3, -0.25) is 4.79 Å². The monoisotopic (exact) mass is 332 g/mol. The quantitative estimate of drug-likeness (QED) is 0.824. The molecule has 0 amide bonds. The molecule has 2 heterocycles. The maximum absolute atomic E-state index is 12.9. The van der Waals surface area contributed by atoms with E-state index in [-0.39, 0.29) is 11.6 Å². The first-order chi connectivity index (χ1) is 11.1. The molecule has 0 atom stereocenters. The number of amidine groups is 1. The van der Waals surface area contributed by atoms with Crippen LogP contribution in [0.5, 0.6) is 5.75 Å². The number of hydrogen-bond acceptors (Lipinski definition) is 5. The second-order valence-corrected chi connectivity index (χ2v) is 6.41. The number of fused-ring (bicyclic) bond motifs is 1. The lowest BCUT2D eigenvalue weighted by atomic mass is 10.2. The fraction of sp³-hybridized carbons (Fsp3) is 0.294. The molecule has 3 rings (SSSR count).